The molecule has 0 aromatic heterocycles. The molecule has 0 radical (unpaired) electrons. The molecule has 2 unspecified atom stereocenters. The Kier molecular flexibility index (Phi) is 7.10. The number of rotatable bonds is 8. The summed E-state index contributed by atoms with van der Waals surface area (Å²) in [6, 6.07) is 7.87. The second-order valence-electron chi connectivity index (χ2n) is 9.12. The monoisotopic (exact) mass is 516 g/mol. The minimum Gasteiger partial charge on any atom is -0.327 e. The fraction of sp³-hybridized carbons (Fsp3) is 0.478. The summed E-state index contributed by atoms with van der Waals surface area (Å²) in [5, 5.41) is 0. The van der Waals surface area contributed by atoms with Gasteiger partial charge in [-0.1, -0.05) is 18.2 Å². The maximum atomic E-state index is 14.0. The third kappa shape index (κ3) is 5.17. The van der Waals surface area contributed by atoms with Crippen LogP contribution >= 0.6 is 0 Å². The van der Waals surface area contributed by atoms with Crippen molar-refractivity contribution in [3.63, 3.8) is 0 Å². The highest BCUT2D eigenvalue weighted by Crippen LogP contribution is 2.42. The Hall–Kier alpha value is -1.95. The lowest BCUT2D eigenvalue weighted by atomic mass is 9.83. The number of hydrogen-bond acceptors (Lipinski definition) is 5. The smallest absolute Gasteiger partial charge is 0.215 e. The summed E-state index contributed by atoms with van der Waals surface area (Å²) in [5.41, 5.74) is 6.28. The van der Waals surface area contributed by atoms with Crippen molar-refractivity contribution in [2.75, 3.05) is 11.5 Å². The first-order valence-corrected chi connectivity index (χ1v) is 14.4. The topological polar surface area (TPSA) is 97.5 Å². The Bertz CT molecular complexity index is 1240. The number of benzene rings is 2. The van der Waals surface area contributed by atoms with Gasteiger partial charge < -0.3 is 5.73 Å². The molecule has 2 aromatic rings. The number of nitrogens with zero attached hydrogens (tertiary/aromatic N) is 1. The van der Waals surface area contributed by atoms with E-state index in [1.54, 1.807) is 18.2 Å². The number of fused-ring (bicyclic) bond motifs is 2. The van der Waals surface area contributed by atoms with Crippen LogP contribution in [0.15, 0.2) is 47.4 Å². The van der Waals surface area contributed by atoms with Gasteiger partial charge in [0.15, 0.2) is 21.5 Å². The van der Waals surface area contributed by atoms with Crippen LogP contribution in [0, 0.1) is 23.4 Å². The molecule has 4 rings (SSSR count). The van der Waals surface area contributed by atoms with Crippen molar-refractivity contribution in [1.29, 1.82) is 0 Å². The van der Waals surface area contributed by atoms with Crippen LogP contribution in [0.1, 0.15) is 31.2 Å². The van der Waals surface area contributed by atoms with Gasteiger partial charge in [0, 0.05) is 24.2 Å². The van der Waals surface area contributed by atoms with Crippen LogP contribution in [-0.4, -0.2) is 50.8 Å². The van der Waals surface area contributed by atoms with Gasteiger partial charge in [-0.05, 0) is 61.8 Å². The van der Waals surface area contributed by atoms with E-state index in [2.05, 4.69) is 0 Å². The summed E-state index contributed by atoms with van der Waals surface area (Å²) in [5.74, 6) is -4.40. The number of hydrogen-bond donors (Lipinski definition) is 1. The molecule has 2 aliphatic heterocycles. The largest absolute Gasteiger partial charge is 0.327 e. The molecule has 0 amide bonds. The molecule has 2 aromatic carbocycles. The Labute approximate surface area is 197 Å². The van der Waals surface area contributed by atoms with Crippen molar-refractivity contribution >= 4 is 19.9 Å². The highest BCUT2D eigenvalue weighted by molar-refractivity contribution is 7.94. The summed E-state index contributed by atoms with van der Waals surface area (Å²) in [6.07, 6.45) is 2.19. The van der Waals surface area contributed by atoms with Crippen LogP contribution in [0.25, 0.3) is 0 Å². The van der Waals surface area contributed by atoms with Crippen molar-refractivity contribution in [1.82, 2.24) is 4.31 Å². The SMILES string of the molecule is N[C@H](Cc1cc(F)c(F)cc1F)C1CC2CCC(C1)N2S(=O)(=O)CCS(=O)(=O)c1ccccc1. The van der Waals surface area contributed by atoms with E-state index in [4.69, 9.17) is 5.73 Å². The van der Waals surface area contributed by atoms with Crippen LogP contribution in [0.5, 0.6) is 0 Å². The lowest BCUT2D eigenvalue weighted by Crippen LogP contribution is -2.51. The summed E-state index contributed by atoms with van der Waals surface area (Å²) < 4.78 is 93.5. The first-order chi connectivity index (χ1) is 16.0. The number of nitrogens with two attached hydrogens (primary N) is 1. The van der Waals surface area contributed by atoms with Gasteiger partial charge in [-0.25, -0.2) is 30.0 Å². The molecule has 2 aliphatic rings. The van der Waals surface area contributed by atoms with Crippen molar-refractivity contribution in [2.24, 2.45) is 11.7 Å². The Morgan fingerprint density at radius 3 is 2.09 bits per heavy atom. The molecule has 2 saturated heterocycles. The molecule has 3 atom stereocenters. The first-order valence-electron chi connectivity index (χ1n) is 11.2. The molecular weight excluding hydrogens is 489 g/mol. The average molecular weight is 517 g/mol. The lowest BCUT2D eigenvalue weighted by molar-refractivity contribution is 0.170. The predicted octanol–water partition coefficient (Wildman–Crippen LogP) is 3.02. The van der Waals surface area contributed by atoms with Crippen LogP contribution in [0.3, 0.4) is 0 Å². The lowest BCUT2D eigenvalue weighted by Gasteiger charge is -2.40. The van der Waals surface area contributed by atoms with Crippen molar-refractivity contribution in [2.45, 2.75) is 55.1 Å². The normalized spacial score (nSPS) is 24.3. The van der Waals surface area contributed by atoms with Crippen LogP contribution < -0.4 is 5.73 Å². The van der Waals surface area contributed by atoms with Crippen LogP contribution in [0.2, 0.25) is 0 Å². The van der Waals surface area contributed by atoms with E-state index in [1.165, 1.54) is 16.4 Å². The number of sulfone groups is 1. The summed E-state index contributed by atoms with van der Waals surface area (Å²) in [6.45, 7) is 0. The minimum atomic E-state index is -3.82. The predicted molar refractivity (Wildman–Crippen MR) is 122 cm³/mol. The molecule has 2 N–H and O–H groups in total. The van der Waals surface area contributed by atoms with E-state index in [1.807, 2.05) is 0 Å². The summed E-state index contributed by atoms with van der Waals surface area (Å²) in [4.78, 5) is 0.0855. The van der Waals surface area contributed by atoms with Crippen LogP contribution in [0.4, 0.5) is 13.2 Å². The van der Waals surface area contributed by atoms with E-state index in [0.717, 1.165) is 6.07 Å². The maximum absolute atomic E-state index is 14.0. The third-order valence-corrected chi connectivity index (χ3v) is 10.8. The van der Waals surface area contributed by atoms with Crippen molar-refractivity contribution in [3.05, 3.63) is 65.5 Å². The fourth-order valence-electron chi connectivity index (χ4n) is 5.19. The molecule has 34 heavy (non-hydrogen) atoms. The second kappa shape index (κ2) is 9.60. The van der Waals surface area contributed by atoms with Gasteiger partial charge in [0.2, 0.25) is 10.0 Å². The molecular formula is C23H27F3N2O4S2. The maximum Gasteiger partial charge on any atom is 0.215 e. The number of halogens is 3. The number of sulfonamides is 1. The van der Waals surface area contributed by atoms with Gasteiger partial charge in [0.25, 0.3) is 0 Å². The Balaban J connectivity index is 1.42. The van der Waals surface area contributed by atoms with E-state index in [9.17, 15) is 30.0 Å². The van der Waals surface area contributed by atoms with Gasteiger partial charge in [-0.2, -0.15) is 4.31 Å². The Morgan fingerprint density at radius 1 is 0.882 bits per heavy atom. The highest BCUT2D eigenvalue weighted by atomic mass is 32.2. The van der Waals surface area contributed by atoms with Crippen molar-refractivity contribution in [3.8, 4) is 0 Å². The standard InChI is InChI=1S/C23H27F3N2O4S2/c24-20-14-22(26)21(25)12-15(20)13-23(27)16-10-17-6-7-18(11-16)28(17)34(31,32)9-8-33(29,30)19-4-2-1-3-5-19/h1-5,12,14,16-18,23H,6-11,13,27H2/t16?,17?,18?,23-/m1/s1. The minimum absolute atomic E-state index is 0.00914. The van der Waals surface area contributed by atoms with Gasteiger partial charge in [0.05, 0.1) is 16.4 Å². The zero-order valence-corrected chi connectivity index (χ0v) is 20.0. The first kappa shape index (κ1) is 25.2. The average Bonchev–Trinajstić information content (AvgIpc) is 3.08. The summed E-state index contributed by atoms with van der Waals surface area (Å²) >= 11 is 0. The Morgan fingerprint density at radius 2 is 1.47 bits per heavy atom. The summed E-state index contributed by atoms with van der Waals surface area (Å²) in [7, 11) is -7.56. The van der Waals surface area contributed by atoms with E-state index in [-0.39, 0.29) is 34.9 Å². The number of piperidine rings is 1. The molecule has 0 saturated carbocycles. The molecule has 2 bridgehead atoms. The van der Waals surface area contributed by atoms with Gasteiger partial charge in [0.1, 0.15) is 5.82 Å². The van der Waals surface area contributed by atoms with Crippen molar-refractivity contribution < 1.29 is 30.0 Å². The molecule has 2 heterocycles. The zero-order valence-electron chi connectivity index (χ0n) is 18.4. The quantitative estimate of drug-likeness (QED) is 0.544. The highest BCUT2D eigenvalue weighted by Gasteiger charge is 2.47. The van der Waals surface area contributed by atoms with Crippen LogP contribution in [-0.2, 0) is 26.3 Å². The molecule has 0 spiro atoms. The van der Waals surface area contributed by atoms with E-state index < -0.39 is 54.9 Å². The third-order valence-electron chi connectivity index (χ3n) is 6.89. The zero-order chi connectivity index (χ0) is 24.7. The molecule has 186 valence electrons. The van der Waals surface area contributed by atoms with Gasteiger partial charge >= 0.3 is 0 Å². The van der Waals surface area contributed by atoms with Gasteiger partial charge in [-0.3, -0.25) is 0 Å². The van der Waals surface area contributed by atoms with Gasteiger partial charge in [-0.15, -0.1) is 0 Å². The fourth-order valence-corrected chi connectivity index (χ4v) is 9.22. The van der Waals surface area contributed by atoms with E-state index >= 15 is 0 Å². The van der Waals surface area contributed by atoms with E-state index in [0.29, 0.717) is 31.7 Å². The molecule has 0 aliphatic carbocycles. The molecule has 11 heteroatoms. The molecule has 6 nitrogen and oxygen atoms in total. The molecule has 2 fully saturated rings. The second-order valence-corrected chi connectivity index (χ2v) is 13.2.